The Kier molecular flexibility index (Phi) is 5.74. The van der Waals surface area contributed by atoms with E-state index in [4.69, 9.17) is 4.74 Å². The van der Waals surface area contributed by atoms with Crippen molar-refractivity contribution in [1.29, 1.82) is 0 Å². The molecule has 1 aromatic carbocycles. The summed E-state index contributed by atoms with van der Waals surface area (Å²) in [6, 6.07) is 12.1. The molecule has 6 nitrogen and oxygen atoms in total. The summed E-state index contributed by atoms with van der Waals surface area (Å²) >= 11 is 0. The first-order valence-corrected chi connectivity index (χ1v) is 9.61. The maximum absolute atomic E-state index is 6.00. The Morgan fingerprint density at radius 3 is 2.89 bits per heavy atom. The molecule has 0 atom stereocenters. The number of aromatic nitrogens is 4. The van der Waals surface area contributed by atoms with Crippen LogP contribution in [-0.4, -0.2) is 19.7 Å². The molecule has 3 aromatic rings. The van der Waals surface area contributed by atoms with Crippen molar-refractivity contribution in [2.45, 2.75) is 51.9 Å². The molecule has 6 heteroatoms. The minimum absolute atomic E-state index is 0.516. The van der Waals surface area contributed by atoms with Crippen LogP contribution in [0.1, 0.15) is 42.0 Å². The molecule has 0 aliphatic carbocycles. The highest BCUT2D eigenvalue weighted by Gasteiger charge is 2.14. The zero-order chi connectivity index (χ0) is 18.3. The molecule has 1 aliphatic rings. The van der Waals surface area contributed by atoms with Gasteiger partial charge in [-0.1, -0.05) is 30.7 Å². The van der Waals surface area contributed by atoms with Gasteiger partial charge in [-0.05, 0) is 25.0 Å². The van der Waals surface area contributed by atoms with Gasteiger partial charge in [0.1, 0.15) is 24.0 Å². The smallest absolute Gasteiger partial charge is 0.147 e. The van der Waals surface area contributed by atoms with Crippen LogP contribution in [-0.2, 0) is 32.7 Å². The van der Waals surface area contributed by atoms with E-state index in [1.165, 1.54) is 19.3 Å². The third-order valence-corrected chi connectivity index (χ3v) is 4.87. The molecule has 1 N–H and O–H groups in total. The molecule has 0 saturated heterocycles. The van der Waals surface area contributed by atoms with Crippen LogP contribution in [0.15, 0.2) is 48.8 Å². The molecule has 2 aromatic heterocycles. The largest absolute Gasteiger partial charge is 0.489 e. The Balaban J connectivity index is 1.35. The van der Waals surface area contributed by atoms with E-state index in [0.717, 1.165) is 48.0 Å². The van der Waals surface area contributed by atoms with Crippen LogP contribution in [0.2, 0.25) is 0 Å². The van der Waals surface area contributed by atoms with Gasteiger partial charge in [0.25, 0.3) is 0 Å². The fraction of sp³-hybridized carbons (Fsp3) is 0.381. The molecule has 0 spiro atoms. The fourth-order valence-electron chi connectivity index (χ4n) is 3.42. The Morgan fingerprint density at radius 1 is 1.00 bits per heavy atom. The topological polar surface area (TPSA) is 64.9 Å². The summed E-state index contributed by atoms with van der Waals surface area (Å²) in [4.78, 5) is 4.13. The number of para-hydroxylation sites is 1. The van der Waals surface area contributed by atoms with Gasteiger partial charge < -0.3 is 14.6 Å². The lowest BCUT2D eigenvalue weighted by Crippen LogP contribution is -2.18. The summed E-state index contributed by atoms with van der Waals surface area (Å²) in [5, 5.41) is 12.2. The summed E-state index contributed by atoms with van der Waals surface area (Å²) in [6.45, 7) is 2.99. The minimum atomic E-state index is 0.516. The summed E-state index contributed by atoms with van der Waals surface area (Å²) in [6.07, 6.45) is 8.34. The zero-order valence-electron chi connectivity index (χ0n) is 15.5. The number of benzene rings is 1. The van der Waals surface area contributed by atoms with Gasteiger partial charge in [-0.2, -0.15) is 0 Å². The van der Waals surface area contributed by atoms with Crippen molar-refractivity contribution in [3.8, 4) is 5.75 Å². The Morgan fingerprint density at radius 2 is 1.96 bits per heavy atom. The fourth-order valence-corrected chi connectivity index (χ4v) is 3.42. The maximum Gasteiger partial charge on any atom is 0.147 e. The van der Waals surface area contributed by atoms with Crippen LogP contribution in [0, 0.1) is 0 Å². The van der Waals surface area contributed by atoms with E-state index in [2.05, 4.69) is 31.1 Å². The van der Waals surface area contributed by atoms with Crippen LogP contribution in [0.3, 0.4) is 0 Å². The van der Waals surface area contributed by atoms with E-state index >= 15 is 0 Å². The van der Waals surface area contributed by atoms with E-state index in [9.17, 15) is 0 Å². The van der Waals surface area contributed by atoms with Crippen molar-refractivity contribution in [2.24, 2.45) is 0 Å². The summed E-state index contributed by atoms with van der Waals surface area (Å²) in [7, 11) is 0. The molecule has 140 valence electrons. The number of ether oxygens (including phenoxy) is 1. The number of nitrogens with one attached hydrogen (secondary N) is 1. The first-order chi connectivity index (χ1) is 13.4. The number of pyridine rings is 1. The minimum Gasteiger partial charge on any atom is -0.489 e. The van der Waals surface area contributed by atoms with Crippen molar-refractivity contribution in [2.75, 3.05) is 0 Å². The normalized spacial score (nSPS) is 13.8. The molecular weight excluding hydrogens is 338 g/mol. The van der Waals surface area contributed by atoms with Gasteiger partial charge in [0.15, 0.2) is 0 Å². The molecule has 1 aliphatic heterocycles. The molecule has 0 saturated carbocycles. The van der Waals surface area contributed by atoms with Crippen molar-refractivity contribution in [3.63, 3.8) is 0 Å². The summed E-state index contributed by atoms with van der Waals surface area (Å²) < 4.78 is 8.29. The molecule has 4 rings (SSSR count). The number of nitrogens with zero attached hydrogens (tertiary/aromatic N) is 4. The van der Waals surface area contributed by atoms with E-state index < -0.39 is 0 Å². The van der Waals surface area contributed by atoms with Crippen LogP contribution < -0.4 is 10.1 Å². The molecule has 0 radical (unpaired) electrons. The van der Waals surface area contributed by atoms with Gasteiger partial charge in [-0.15, -0.1) is 10.2 Å². The van der Waals surface area contributed by atoms with Crippen LogP contribution in [0.5, 0.6) is 5.75 Å². The predicted molar refractivity (Wildman–Crippen MR) is 103 cm³/mol. The maximum atomic E-state index is 6.00. The second-order valence-corrected chi connectivity index (χ2v) is 6.86. The number of hydrogen-bond donors (Lipinski definition) is 1. The molecule has 3 heterocycles. The van der Waals surface area contributed by atoms with E-state index in [1.54, 1.807) is 6.20 Å². The van der Waals surface area contributed by atoms with Gasteiger partial charge in [0.2, 0.25) is 0 Å². The van der Waals surface area contributed by atoms with Crippen LogP contribution in [0.25, 0.3) is 0 Å². The molecule has 0 unspecified atom stereocenters. The number of fused-ring (bicyclic) bond motifs is 1. The molecule has 0 fully saturated rings. The van der Waals surface area contributed by atoms with Gasteiger partial charge in [-0.25, -0.2) is 0 Å². The highest BCUT2D eigenvalue weighted by molar-refractivity contribution is 5.33. The second-order valence-electron chi connectivity index (χ2n) is 6.86. The Hall–Kier alpha value is -2.73. The van der Waals surface area contributed by atoms with E-state index in [0.29, 0.717) is 13.2 Å². The van der Waals surface area contributed by atoms with E-state index in [-0.39, 0.29) is 0 Å². The lowest BCUT2D eigenvalue weighted by molar-refractivity contribution is 0.301. The van der Waals surface area contributed by atoms with Crippen LogP contribution in [0.4, 0.5) is 0 Å². The molecule has 0 bridgehead atoms. The van der Waals surface area contributed by atoms with Crippen molar-refractivity contribution >= 4 is 0 Å². The van der Waals surface area contributed by atoms with E-state index in [1.807, 2.05) is 36.5 Å². The number of aryl methyl sites for hydroxylation is 1. The first-order valence-electron chi connectivity index (χ1n) is 9.61. The van der Waals surface area contributed by atoms with Crippen molar-refractivity contribution in [1.82, 2.24) is 25.1 Å². The van der Waals surface area contributed by atoms with Gasteiger partial charge in [0.05, 0.1) is 6.54 Å². The molecule has 27 heavy (non-hydrogen) atoms. The zero-order valence-corrected chi connectivity index (χ0v) is 15.5. The Labute approximate surface area is 159 Å². The lowest BCUT2D eigenvalue weighted by atomic mass is 10.2. The standard InChI is InChI=1S/C21H25N5O/c1-2-10-20-24-25-21(26(20)12-5-1)15-23-14-18-8-3-4-9-19(18)27-16-17-7-6-11-22-13-17/h3-4,6-9,11,13,23H,1-2,5,10,12,14-16H2. The average Bonchev–Trinajstić information content (AvgIpc) is 2.94. The second kappa shape index (κ2) is 8.77. The summed E-state index contributed by atoms with van der Waals surface area (Å²) in [5.41, 5.74) is 2.20. The third-order valence-electron chi connectivity index (χ3n) is 4.87. The number of rotatable bonds is 7. The van der Waals surface area contributed by atoms with Crippen LogP contribution >= 0.6 is 0 Å². The third kappa shape index (κ3) is 4.52. The Bertz CT molecular complexity index is 862. The molecule has 0 amide bonds. The highest BCUT2D eigenvalue weighted by atomic mass is 16.5. The van der Waals surface area contributed by atoms with Crippen molar-refractivity contribution in [3.05, 3.63) is 71.6 Å². The van der Waals surface area contributed by atoms with Gasteiger partial charge in [0, 0.05) is 43.0 Å². The predicted octanol–water partition coefficient (Wildman–Crippen LogP) is 3.27. The average molecular weight is 363 g/mol. The number of hydrogen-bond acceptors (Lipinski definition) is 5. The highest BCUT2D eigenvalue weighted by Crippen LogP contribution is 2.19. The lowest BCUT2D eigenvalue weighted by Gasteiger charge is -2.12. The summed E-state index contributed by atoms with van der Waals surface area (Å²) in [5.74, 6) is 3.05. The quantitative estimate of drug-likeness (QED) is 0.698. The monoisotopic (exact) mass is 363 g/mol. The molecular formula is C21H25N5O. The van der Waals surface area contributed by atoms with Crippen molar-refractivity contribution < 1.29 is 4.74 Å². The van der Waals surface area contributed by atoms with Gasteiger partial charge >= 0.3 is 0 Å². The SMILES string of the molecule is c1cncc(COc2ccccc2CNCc2nnc3n2CCCCC3)c1. The van der Waals surface area contributed by atoms with Gasteiger partial charge in [-0.3, -0.25) is 4.98 Å². The first kappa shape index (κ1) is 17.7.